The third-order valence-electron chi connectivity index (χ3n) is 3.82. The van der Waals surface area contributed by atoms with Crippen molar-refractivity contribution < 1.29 is 13.9 Å². The number of halogens is 1. The van der Waals surface area contributed by atoms with Gasteiger partial charge in [0, 0.05) is 19.2 Å². The first kappa shape index (κ1) is 17.3. The van der Waals surface area contributed by atoms with Crippen molar-refractivity contribution in [1.82, 2.24) is 14.9 Å². The predicted molar refractivity (Wildman–Crippen MR) is 96.2 cm³/mol. The summed E-state index contributed by atoms with van der Waals surface area (Å²) >= 11 is 1.49. The second-order valence-electron chi connectivity index (χ2n) is 5.34. The zero-order chi connectivity index (χ0) is 17.8. The van der Waals surface area contributed by atoms with Crippen molar-refractivity contribution in [3.8, 4) is 17.1 Å². The smallest absolute Gasteiger partial charge is 0.260 e. The van der Waals surface area contributed by atoms with Crippen molar-refractivity contribution in [1.29, 1.82) is 0 Å². The highest BCUT2D eigenvalue weighted by molar-refractivity contribution is 7.17. The maximum atomic E-state index is 13.4. The standard InChI is InChI=1S/C18H18FN3O2S/c1-3-22(4-2)17(23)11-24-15-10-14(12-6-5-7-16(19)21-12)20-13-8-9-25-18(13)15/h5-10H,3-4,11H2,1-2H3. The van der Waals surface area contributed by atoms with E-state index in [4.69, 9.17) is 4.74 Å². The molecule has 3 heterocycles. The van der Waals surface area contributed by atoms with Crippen LogP contribution in [0.1, 0.15) is 13.8 Å². The Balaban J connectivity index is 1.92. The Morgan fingerprint density at radius 1 is 1.20 bits per heavy atom. The van der Waals surface area contributed by atoms with E-state index in [0.717, 1.165) is 10.2 Å². The number of hydrogen-bond acceptors (Lipinski definition) is 5. The molecule has 0 saturated carbocycles. The molecule has 0 aliphatic carbocycles. The first-order valence-corrected chi connectivity index (χ1v) is 8.92. The van der Waals surface area contributed by atoms with E-state index in [1.54, 1.807) is 23.1 Å². The van der Waals surface area contributed by atoms with E-state index >= 15 is 0 Å². The molecule has 3 aromatic rings. The van der Waals surface area contributed by atoms with Gasteiger partial charge in [-0.3, -0.25) is 4.79 Å². The molecule has 0 atom stereocenters. The number of aromatic nitrogens is 2. The van der Waals surface area contributed by atoms with E-state index in [1.165, 1.54) is 17.4 Å². The van der Waals surface area contributed by atoms with E-state index in [-0.39, 0.29) is 12.5 Å². The Hall–Kier alpha value is -2.54. The quantitative estimate of drug-likeness (QED) is 0.629. The molecule has 7 heteroatoms. The first-order chi connectivity index (χ1) is 12.1. The number of hydrogen-bond donors (Lipinski definition) is 0. The molecule has 0 bridgehead atoms. The van der Waals surface area contributed by atoms with Gasteiger partial charge in [-0.25, -0.2) is 9.97 Å². The van der Waals surface area contributed by atoms with Gasteiger partial charge in [0.05, 0.1) is 21.6 Å². The third kappa shape index (κ3) is 3.76. The summed E-state index contributed by atoms with van der Waals surface area (Å²) in [5.74, 6) is -0.0811. The molecule has 3 rings (SSSR count). The Bertz CT molecular complexity index is 893. The Kier molecular flexibility index (Phi) is 5.23. The minimum Gasteiger partial charge on any atom is -0.482 e. The van der Waals surface area contributed by atoms with Crippen LogP contribution in [0.5, 0.6) is 5.75 Å². The van der Waals surface area contributed by atoms with Gasteiger partial charge in [0.15, 0.2) is 6.61 Å². The molecule has 3 aromatic heterocycles. The van der Waals surface area contributed by atoms with Crippen LogP contribution in [0.15, 0.2) is 35.7 Å². The van der Waals surface area contributed by atoms with Crippen molar-refractivity contribution in [2.24, 2.45) is 0 Å². The zero-order valence-electron chi connectivity index (χ0n) is 14.0. The maximum Gasteiger partial charge on any atom is 0.260 e. The van der Waals surface area contributed by atoms with Gasteiger partial charge in [0.2, 0.25) is 5.95 Å². The van der Waals surface area contributed by atoms with Gasteiger partial charge in [-0.1, -0.05) is 6.07 Å². The zero-order valence-corrected chi connectivity index (χ0v) is 14.8. The van der Waals surface area contributed by atoms with Crippen LogP contribution >= 0.6 is 11.3 Å². The topological polar surface area (TPSA) is 55.3 Å². The van der Waals surface area contributed by atoms with Gasteiger partial charge in [0.25, 0.3) is 5.91 Å². The summed E-state index contributed by atoms with van der Waals surface area (Å²) in [6.07, 6.45) is 0. The van der Waals surface area contributed by atoms with E-state index in [2.05, 4.69) is 9.97 Å². The molecular weight excluding hydrogens is 341 g/mol. The lowest BCUT2D eigenvalue weighted by molar-refractivity contribution is -0.132. The molecule has 0 saturated heterocycles. The average molecular weight is 359 g/mol. The SMILES string of the molecule is CCN(CC)C(=O)COc1cc(-c2cccc(F)n2)nc2ccsc12. The van der Waals surface area contributed by atoms with Gasteiger partial charge in [0.1, 0.15) is 5.75 Å². The molecule has 25 heavy (non-hydrogen) atoms. The second-order valence-corrected chi connectivity index (χ2v) is 6.26. The summed E-state index contributed by atoms with van der Waals surface area (Å²) in [5, 5.41) is 1.90. The van der Waals surface area contributed by atoms with Crippen LogP contribution < -0.4 is 4.74 Å². The van der Waals surface area contributed by atoms with E-state index in [9.17, 15) is 9.18 Å². The minimum absolute atomic E-state index is 0.0469. The lowest BCUT2D eigenvalue weighted by atomic mass is 10.2. The summed E-state index contributed by atoms with van der Waals surface area (Å²) in [6.45, 7) is 5.09. The Morgan fingerprint density at radius 2 is 2.00 bits per heavy atom. The summed E-state index contributed by atoms with van der Waals surface area (Å²) < 4.78 is 20.0. The van der Waals surface area contributed by atoms with Crippen LogP contribution in [0.3, 0.4) is 0 Å². The van der Waals surface area contributed by atoms with Crippen LogP contribution in [0.4, 0.5) is 4.39 Å². The Labute approximate surface area is 149 Å². The van der Waals surface area contributed by atoms with Gasteiger partial charge in [-0.15, -0.1) is 11.3 Å². The lowest BCUT2D eigenvalue weighted by Crippen LogP contribution is -2.34. The fourth-order valence-corrected chi connectivity index (χ4v) is 3.32. The van der Waals surface area contributed by atoms with Crippen LogP contribution in [0, 0.1) is 5.95 Å². The van der Waals surface area contributed by atoms with Gasteiger partial charge >= 0.3 is 0 Å². The number of amides is 1. The molecular formula is C18H18FN3O2S. The number of likely N-dealkylation sites (N-methyl/N-ethyl adjacent to an activating group) is 1. The lowest BCUT2D eigenvalue weighted by Gasteiger charge is -2.18. The molecule has 130 valence electrons. The highest BCUT2D eigenvalue weighted by Crippen LogP contribution is 2.33. The molecule has 1 amide bonds. The molecule has 0 aromatic carbocycles. The molecule has 0 aliphatic rings. The highest BCUT2D eigenvalue weighted by Gasteiger charge is 2.15. The van der Waals surface area contributed by atoms with E-state index in [0.29, 0.717) is 30.2 Å². The number of nitrogens with zero attached hydrogens (tertiary/aromatic N) is 3. The van der Waals surface area contributed by atoms with Crippen molar-refractivity contribution >= 4 is 27.5 Å². The summed E-state index contributed by atoms with van der Waals surface area (Å²) in [6, 6.07) is 8.13. The molecule has 0 fully saturated rings. The largest absolute Gasteiger partial charge is 0.482 e. The summed E-state index contributed by atoms with van der Waals surface area (Å²) in [7, 11) is 0. The number of rotatable bonds is 6. The molecule has 0 unspecified atom stereocenters. The average Bonchev–Trinajstić information content (AvgIpc) is 3.09. The number of pyridine rings is 2. The monoisotopic (exact) mass is 359 g/mol. The van der Waals surface area contributed by atoms with Crippen LogP contribution in [-0.4, -0.2) is 40.5 Å². The van der Waals surface area contributed by atoms with Gasteiger partial charge in [-0.05, 0) is 37.4 Å². The fraction of sp³-hybridized carbons (Fsp3) is 0.278. The molecule has 0 radical (unpaired) electrons. The van der Waals surface area contributed by atoms with Crippen molar-refractivity contribution in [2.45, 2.75) is 13.8 Å². The fourth-order valence-electron chi connectivity index (χ4n) is 2.52. The van der Waals surface area contributed by atoms with Crippen LogP contribution in [-0.2, 0) is 4.79 Å². The third-order valence-corrected chi connectivity index (χ3v) is 4.74. The number of fused-ring (bicyclic) bond motifs is 1. The number of carbonyl (C=O) groups is 1. The first-order valence-electron chi connectivity index (χ1n) is 8.04. The van der Waals surface area contributed by atoms with Gasteiger partial charge in [-0.2, -0.15) is 4.39 Å². The Morgan fingerprint density at radius 3 is 2.72 bits per heavy atom. The molecule has 0 aliphatic heterocycles. The number of ether oxygens (including phenoxy) is 1. The predicted octanol–water partition coefficient (Wildman–Crippen LogP) is 3.74. The van der Waals surface area contributed by atoms with Gasteiger partial charge < -0.3 is 9.64 Å². The summed E-state index contributed by atoms with van der Waals surface area (Å²) in [4.78, 5) is 22.3. The number of carbonyl (C=O) groups excluding carboxylic acids is 1. The minimum atomic E-state index is -0.566. The maximum absolute atomic E-state index is 13.4. The van der Waals surface area contributed by atoms with Crippen LogP contribution in [0.25, 0.3) is 21.6 Å². The summed E-state index contributed by atoms with van der Waals surface area (Å²) in [5.41, 5.74) is 1.67. The molecule has 0 N–H and O–H groups in total. The number of thiophene rings is 1. The van der Waals surface area contributed by atoms with Crippen LogP contribution in [0.2, 0.25) is 0 Å². The van der Waals surface area contributed by atoms with Crippen molar-refractivity contribution in [2.75, 3.05) is 19.7 Å². The van der Waals surface area contributed by atoms with Crippen molar-refractivity contribution in [3.63, 3.8) is 0 Å². The molecule has 5 nitrogen and oxygen atoms in total. The highest BCUT2D eigenvalue weighted by atomic mass is 32.1. The second kappa shape index (κ2) is 7.57. The van der Waals surface area contributed by atoms with E-state index < -0.39 is 5.95 Å². The molecule has 0 spiro atoms. The van der Waals surface area contributed by atoms with Crippen molar-refractivity contribution in [3.05, 3.63) is 41.7 Å². The van der Waals surface area contributed by atoms with E-state index in [1.807, 2.05) is 25.3 Å². The normalized spacial score (nSPS) is 10.8.